The van der Waals surface area contributed by atoms with Crippen LogP contribution in [0.5, 0.6) is 5.75 Å². The van der Waals surface area contributed by atoms with E-state index in [0.29, 0.717) is 30.2 Å². The van der Waals surface area contributed by atoms with Crippen LogP contribution in [0.25, 0.3) is 17.0 Å². The Morgan fingerprint density at radius 1 is 1.15 bits per heavy atom. The number of aliphatic imine (C=N–C) groups is 1. The van der Waals surface area contributed by atoms with Gasteiger partial charge in [-0.2, -0.15) is 15.1 Å². The lowest BCUT2D eigenvalue weighted by molar-refractivity contribution is -0.114. The molecular weight excluding hydrogens is 518 g/mol. The van der Waals surface area contributed by atoms with Crippen LogP contribution < -0.4 is 4.74 Å². The first-order valence-electron chi connectivity index (χ1n) is 14.2. The highest BCUT2D eigenvalue weighted by Crippen LogP contribution is 2.36. The molecule has 1 amide bonds. The molecule has 1 aliphatic carbocycles. The van der Waals surface area contributed by atoms with Crippen LogP contribution in [-0.2, 0) is 11.3 Å². The van der Waals surface area contributed by atoms with Crippen molar-refractivity contribution in [1.29, 1.82) is 5.41 Å². The number of rotatable bonds is 7. The van der Waals surface area contributed by atoms with Crippen molar-refractivity contribution in [3.05, 3.63) is 70.9 Å². The largest absolute Gasteiger partial charge is 0.491 e. The summed E-state index contributed by atoms with van der Waals surface area (Å²) in [6, 6.07) is 14.5. The van der Waals surface area contributed by atoms with E-state index in [1.54, 1.807) is 11.1 Å². The molecule has 0 unspecified atom stereocenters. The zero-order valence-corrected chi connectivity index (χ0v) is 24.1. The monoisotopic (exact) mass is 553 g/mol. The van der Waals surface area contributed by atoms with Crippen molar-refractivity contribution in [3.63, 3.8) is 0 Å². The average Bonchev–Trinajstić information content (AvgIpc) is 3.53. The summed E-state index contributed by atoms with van der Waals surface area (Å²) >= 11 is 1.45. The van der Waals surface area contributed by atoms with Crippen LogP contribution in [-0.4, -0.2) is 38.1 Å². The van der Waals surface area contributed by atoms with E-state index >= 15 is 0 Å². The fourth-order valence-electron chi connectivity index (χ4n) is 5.75. The first kappa shape index (κ1) is 26.6. The van der Waals surface area contributed by atoms with E-state index in [-0.39, 0.29) is 17.3 Å². The lowest BCUT2D eigenvalue weighted by atomic mass is 9.90. The molecule has 2 aromatic carbocycles. The molecule has 2 aliphatic heterocycles. The molecule has 0 saturated heterocycles. The van der Waals surface area contributed by atoms with Gasteiger partial charge in [0, 0.05) is 28.6 Å². The molecule has 1 aromatic heterocycles. The Hall–Kier alpha value is -3.65. The van der Waals surface area contributed by atoms with Gasteiger partial charge >= 0.3 is 0 Å². The first-order chi connectivity index (χ1) is 19.4. The predicted molar refractivity (Wildman–Crippen MR) is 164 cm³/mol. The lowest BCUT2D eigenvalue weighted by Crippen LogP contribution is -2.35. The first-order valence-corrected chi connectivity index (χ1v) is 15.0. The van der Waals surface area contributed by atoms with E-state index in [0.717, 1.165) is 40.1 Å². The summed E-state index contributed by atoms with van der Waals surface area (Å²) in [5.74, 6) is 1.42. The normalized spacial score (nSPS) is 19.0. The highest BCUT2D eigenvalue weighted by Gasteiger charge is 2.38. The van der Waals surface area contributed by atoms with Gasteiger partial charge < -0.3 is 9.30 Å². The standard InChI is InChI=1S/C32H35N5O2S/c1-20(2)24-14-13-21(3)17-28(24)39-16-15-36-19-23(25-11-7-8-12-27(25)36)18-26-29(33)37-32(34-30(26)38)40-31(35-37)22-9-5-4-6-10-22/h7-8,11-14,17-20,22,33H,4-6,9-10,15-16H2,1-3H3/b26-18-,33-29?. The maximum Gasteiger partial charge on any atom is 0.283 e. The lowest BCUT2D eigenvalue weighted by Gasteiger charge is -2.20. The summed E-state index contributed by atoms with van der Waals surface area (Å²) in [6.45, 7) is 7.61. The molecule has 1 saturated carbocycles. The van der Waals surface area contributed by atoms with Crippen LogP contribution in [0.2, 0.25) is 0 Å². The third-order valence-corrected chi connectivity index (χ3v) is 9.00. The van der Waals surface area contributed by atoms with Crippen molar-refractivity contribution in [2.45, 2.75) is 65.3 Å². The van der Waals surface area contributed by atoms with Crippen molar-refractivity contribution in [2.24, 2.45) is 16.0 Å². The molecule has 0 atom stereocenters. The van der Waals surface area contributed by atoms with Crippen molar-refractivity contribution in [1.82, 2.24) is 9.58 Å². The van der Waals surface area contributed by atoms with Crippen LogP contribution in [0.15, 0.2) is 64.3 Å². The topological polar surface area (TPSA) is 83.0 Å². The molecule has 7 nitrogen and oxygen atoms in total. The Morgan fingerprint density at radius 3 is 2.75 bits per heavy atom. The Balaban J connectivity index is 1.25. The fourth-order valence-corrected chi connectivity index (χ4v) is 6.81. The average molecular weight is 554 g/mol. The van der Waals surface area contributed by atoms with Crippen molar-refractivity contribution < 1.29 is 9.53 Å². The molecule has 3 aliphatic rings. The number of amidine groups is 2. The molecule has 8 heteroatoms. The number of ether oxygens (including phenoxy) is 1. The number of benzene rings is 2. The minimum Gasteiger partial charge on any atom is -0.491 e. The second-order valence-corrected chi connectivity index (χ2v) is 12.1. The number of fused-ring (bicyclic) bond motifs is 2. The van der Waals surface area contributed by atoms with Crippen LogP contribution >= 0.6 is 11.8 Å². The number of aromatic nitrogens is 1. The van der Waals surface area contributed by atoms with E-state index in [2.05, 4.69) is 54.6 Å². The molecule has 1 fully saturated rings. The number of carbonyl (C=O) groups is 1. The maximum atomic E-state index is 13.1. The molecule has 0 bridgehead atoms. The van der Waals surface area contributed by atoms with Gasteiger partial charge in [0.25, 0.3) is 5.91 Å². The van der Waals surface area contributed by atoms with Crippen LogP contribution in [0.1, 0.15) is 68.6 Å². The molecule has 206 valence electrons. The summed E-state index contributed by atoms with van der Waals surface area (Å²) < 4.78 is 8.42. The van der Waals surface area contributed by atoms with Gasteiger partial charge in [-0.1, -0.05) is 63.4 Å². The molecule has 0 radical (unpaired) electrons. The Bertz CT molecular complexity index is 1580. The number of nitrogens with one attached hydrogen (secondary N) is 1. The minimum atomic E-state index is -0.385. The quantitative estimate of drug-likeness (QED) is 0.310. The van der Waals surface area contributed by atoms with Crippen molar-refractivity contribution >= 4 is 50.7 Å². The molecule has 0 spiro atoms. The number of para-hydroxylation sites is 1. The van der Waals surface area contributed by atoms with Crippen LogP contribution in [0.4, 0.5) is 0 Å². The van der Waals surface area contributed by atoms with E-state index in [1.807, 2.05) is 24.4 Å². The van der Waals surface area contributed by atoms with Crippen LogP contribution in [0, 0.1) is 18.3 Å². The number of carbonyl (C=O) groups excluding carboxylic acids is 1. The highest BCUT2D eigenvalue weighted by molar-refractivity contribution is 8.27. The van der Waals surface area contributed by atoms with Gasteiger partial charge in [-0.3, -0.25) is 10.2 Å². The van der Waals surface area contributed by atoms with Gasteiger partial charge in [-0.05, 0) is 66.8 Å². The van der Waals surface area contributed by atoms with Gasteiger partial charge in [-0.25, -0.2) is 0 Å². The van der Waals surface area contributed by atoms with Crippen LogP contribution in [0.3, 0.4) is 0 Å². The second-order valence-electron chi connectivity index (χ2n) is 11.1. The van der Waals surface area contributed by atoms with Crippen molar-refractivity contribution in [2.75, 3.05) is 6.61 Å². The van der Waals surface area contributed by atoms with Crippen molar-refractivity contribution in [3.8, 4) is 5.75 Å². The molecule has 3 heterocycles. The maximum absolute atomic E-state index is 13.1. The summed E-state index contributed by atoms with van der Waals surface area (Å²) in [5.41, 5.74) is 4.58. The van der Waals surface area contributed by atoms with Gasteiger partial charge in [-0.15, -0.1) is 0 Å². The molecule has 3 aromatic rings. The zero-order chi connectivity index (χ0) is 27.8. The highest BCUT2D eigenvalue weighted by atomic mass is 32.2. The number of nitrogens with zero attached hydrogens (tertiary/aromatic N) is 4. The van der Waals surface area contributed by atoms with Gasteiger partial charge in [0.2, 0.25) is 5.17 Å². The summed E-state index contributed by atoms with van der Waals surface area (Å²) in [4.78, 5) is 17.4. The van der Waals surface area contributed by atoms with E-state index in [4.69, 9.17) is 15.2 Å². The molecule has 1 N–H and O–H groups in total. The van der Waals surface area contributed by atoms with Gasteiger partial charge in [0.1, 0.15) is 17.4 Å². The number of aryl methyl sites for hydroxylation is 1. The second kappa shape index (κ2) is 11.1. The molecular formula is C32H35N5O2S. The smallest absolute Gasteiger partial charge is 0.283 e. The number of amides is 1. The third kappa shape index (κ3) is 5.12. The summed E-state index contributed by atoms with van der Waals surface area (Å²) in [7, 11) is 0. The van der Waals surface area contributed by atoms with E-state index < -0.39 is 0 Å². The van der Waals surface area contributed by atoms with Gasteiger partial charge in [0.05, 0.1) is 12.1 Å². The Labute approximate surface area is 239 Å². The molecule has 6 rings (SSSR count). The zero-order valence-electron chi connectivity index (χ0n) is 23.3. The Kier molecular flexibility index (Phi) is 7.36. The molecule has 40 heavy (non-hydrogen) atoms. The van der Waals surface area contributed by atoms with E-state index in [1.165, 1.54) is 42.2 Å². The van der Waals surface area contributed by atoms with E-state index in [9.17, 15) is 4.79 Å². The number of thioether (sulfide) groups is 1. The third-order valence-electron chi connectivity index (χ3n) is 7.92. The SMILES string of the molecule is Cc1ccc(C(C)C)c(OCCn2cc(/C=C3/C(=N)N4N=C(C5CCCCC5)SC4=NC3=O)c3ccccc32)c1. The summed E-state index contributed by atoms with van der Waals surface area (Å²) in [6.07, 6.45) is 9.74. The predicted octanol–water partition coefficient (Wildman–Crippen LogP) is 7.35. The minimum absolute atomic E-state index is 0.0918. The Morgan fingerprint density at radius 2 is 1.95 bits per heavy atom. The number of hydrogen-bond acceptors (Lipinski definition) is 5. The van der Waals surface area contributed by atoms with Gasteiger partial charge in [0.15, 0.2) is 5.84 Å². The summed E-state index contributed by atoms with van der Waals surface area (Å²) in [5, 5.41) is 17.7. The fraction of sp³-hybridized carbons (Fsp3) is 0.375. The number of hydrazone groups is 1. The number of hydrogen-bond donors (Lipinski definition) is 1.